The fourth-order valence-corrected chi connectivity index (χ4v) is 3.42. The van der Waals surface area contributed by atoms with E-state index in [1.807, 2.05) is 46.9 Å². The highest BCUT2D eigenvalue weighted by Crippen LogP contribution is 2.34. The van der Waals surface area contributed by atoms with Crippen LogP contribution in [0.25, 0.3) is 21.9 Å². The predicted molar refractivity (Wildman–Crippen MR) is 114 cm³/mol. The van der Waals surface area contributed by atoms with E-state index in [9.17, 15) is 4.79 Å². The fraction of sp³-hybridized carbons (Fsp3) is 0.143. The van der Waals surface area contributed by atoms with Gasteiger partial charge in [-0.2, -0.15) is 0 Å². The zero-order chi connectivity index (χ0) is 19.5. The van der Waals surface area contributed by atoms with Gasteiger partial charge in [-0.25, -0.2) is 0 Å². The third kappa shape index (κ3) is 3.81. The monoisotopic (exact) mass is 489 g/mol. The van der Waals surface area contributed by atoms with Crippen LogP contribution in [0.15, 0.2) is 63.9 Å². The molecule has 0 unspecified atom stereocenters. The number of rotatable bonds is 6. The molecule has 0 aliphatic carbocycles. The van der Waals surface area contributed by atoms with E-state index in [0.29, 0.717) is 38.4 Å². The van der Waals surface area contributed by atoms with Crippen molar-refractivity contribution in [3.05, 3.63) is 68.7 Å². The molecule has 7 heteroatoms. The normalized spacial score (nSPS) is 11.1. The number of aromatic nitrogens is 1. The Bertz CT molecular complexity index is 1200. The van der Waals surface area contributed by atoms with E-state index in [1.54, 1.807) is 24.4 Å². The van der Waals surface area contributed by atoms with E-state index >= 15 is 0 Å². The van der Waals surface area contributed by atoms with Gasteiger partial charge in [0.15, 0.2) is 9.20 Å². The quantitative estimate of drug-likeness (QED) is 0.318. The molecule has 4 rings (SSSR count). The van der Waals surface area contributed by atoms with Gasteiger partial charge in [0, 0.05) is 42.8 Å². The minimum atomic E-state index is -0.189. The molecule has 1 N–H and O–H groups in total. The van der Waals surface area contributed by atoms with Crippen molar-refractivity contribution in [3.8, 4) is 17.2 Å². The van der Waals surface area contributed by atoms with Crippen molar-refractivity contribution in [2.24, 2.45) is 0 Å². The molecule has 0 saturated heterocycles. The Hall–Kier alpha value is -2.65. The van der Waals surface area contributed by atoms with Gasteiger partial charge < -0.3 is 19.0 Å². The van der Waals surface area contributed by atoms with Crippen LogP contribution >= 0.6 is 22.6 Å². The second kappa shape index (κ2) is 8.15. The maximum atomic E-state index is 12.5. The first-order valence-electron chi connectivity index (χ1n) is 8.68. The molecule has 0 atom stereocenters. The van der Waals surface area contributed by atoms with Crippen LogP contribution in [0.5, 0.6) is 17.2 Å². The van der Waals surface area contributed by atoms with Crippen molar-refractivity contribution in [2.45, 2.75) is 6.42 Å². The molecule has 0 spiro atoms. The summed E-state index contributed by atoms with van der Waals surface area (Å²) in [6, 6.07) is 14.2. The summed E-state index contributed by atoms with van der Waals surface area (Å²) < 4.78 is 18.0. The zero-order valence-electron chi connectivity index (χ0n) is 14.7. The van der Waals surface area contributed by atoms with Crippen LogP contribution in [0.2, 0.25) is 0 Å². The summed E-state index contributed by atoms with van der Waals surface area (Å²) in [5, 5.41) is 10.2. The number of halogens is 1. The van der Waals surface area contributed by atoms with E-state index in [2.05, 4.69) is 4.98 Å². The van der Waals surface area contributed by atoms with Crippen LogP contribution in [0.4, 0.5) is 0 Å². The first-order valence-corrected chi connectivity index (χ1v) is 9.76. The average molecular weight is 489 g/mol. The lowest BCUT2D eigenvalue weighted by Gasteiger charge is -2.13. The summed E-state index contributed by atoms with van der Waals surface area (Å²) in [7, 11) is 0. The highest BCUT2D eigenvalue weighted by atomic mass is 127. The number of hydrogen-bond donors (Lipinski definition) is 1. The first-order chi connectivity index (χ1) is 13.7. The topological polar surface area (TPSA) is 81.8 Å². The second-order valence-electron chi connectivity index (χ2n) is 6.06. The molecule has 4 aromatic rings. The molecule has 2 aromatic carbocycles. The standard InChI is InChI=1S/C21H16INO5/c22-20-12-16(25)21-18(26-9-3-8-24)10-13(11-19(21)28-20)27-17-6-7-23-15-5-2-1-4-14(15)17/h1-2,4-7,10-12,24H,3,8-9H2. The van der Waals surface area contributed by atoms with Gasteiger partial charge in [-0.05, 0) is 40.8 Å². The fourth-order valence-electron chi connectivity index (χ4n) is 2.90. The molecule has 0 fully saturated rings. The van der Waals surface area contributed by atoms with E-state index in [-0.39, 0.29) is 18.6 Å². The van der Waals surface area contributed by atoms with E-state index in [1.165, 1.54) is 6.07 Å². The largest absolute Gasteiger partial charge is 0.492 e. The van der Waals surface area contributed by atoms with Crippen molar-refractivity contribution >= 4 is 44.5 Å². The van der Waals surface area contributed by atoms with Gasteiger partial charge in [-0.1, -0.05) is 12.1 Å². The summed E-state index contributed by atoms with van der Waals surface area (Å²) in [5.74, 6) is 1.48. The highest BCUT2D eigenvalue weighted by molar-refractivity contribution is 14.1. The SMILES string of the molecule is O=c1cc(I)oc2cc(Oc3ccnc4ccccc34)cc(OCCCO)c12. The minimum Gasteiger partial charge on any atom is -0.492 e. The lowest BCUT2D eigenvalue weighted by atomic mass is 10.2. The van der Waals surface area contributed by atoms with Crippen LogP contribution in [-0.4, -0.2) is 23.3 Å². The van der Waals surface area contributed by atoms with Gasteiger partial charge in [-0.15, -0.1) is 0 Å². The number of fused-ring (bicyclic) bond motifs is 2. The van der Waals surface area contributed by atoms with Gasteiger partial charge in [0.2, 0.25) is 0 Å². The Morgan fingerprint density at radius 2 is 1.96 bits per heavy atom. The number of nitrogens with zero attached hydrogens (tertiary/aromatic N) is 1. The zero-order valence-corrected chi connectivity index (χ0v) is 16.9. The summed E-state index contributed by atoms with van der Waals surface area (Å²) >= 11 is 1.96. The molecule has 0 bridgehead atoms. The molecular formula is C21H16INO5. The van der Waals surface area contributed by atoms with Gasteiger partial charge in [-0.3, -0.25) is 9.78 Å². The number of aliphatic hydroxyl groups excluding tert-OH is 1. The molecule has 0 radical (unpaired) electrons. The second-order valence-corrected chi connectivity index (χ2v) is 7.13. The number of hydrogen-bond acceptors (Lipinski definition) is 6. The number of ether oxygens (including phenoxy) is 2. The van der Waals surface area contributed by atoms with Crippen LogP contribution in [0.3, 0.4) is 0 Å². The maximum absolute atomic E-state index is 12.5. The van der Waals surface area contributed by atoms with Crippen molar-refractivity contribution < 1.29 is 19.0 Å². The van der Waals surface area contributed by atoms with Crippen molar-refractivity contribution in [1.29, 1.82) is 0 Å². The Morgan fingerprint density at radius 3 is 2.82 bits per heavy atom. The van der Waals surface area contributed by atoms with Gasteiger partial charge in [0.1, 0.15) is 28.2 Å². The maximum Gasteiger partial charge on any atom is 0.197 e. The lowest BCUT2D eigenvalue weighted by Crippen LogP contribution is -2.06. The molecule has 142 valence electrons. The molecule has 0 aliphatic rings. The molecule has 0 amide bonds. The van der Waals surface area contributed by atoms with E-state index in [4.69, 9.17) is 19.0 Å². The Labute approximate surface area is 173 Å². The van der Waals surface area contributed by atoms with Crippen LogP contribution < -0.4 is 14.9 Å². The molecular weight excluding hydrogens is 473 g/mol. The lowest BCUT2D eigenvalue weighted by molar-refractivity contribution is 0.234. The molecule has 2 heterocycles. The molecule has 2 aromatic heterocycles. The minimum absolute atomic E-state index is 0.00360. The third-order valence-electron chi connectivity index (χ3n) is 4.13. The van der Waals surface area contributed by atoms with Crippen LogP contribution in [0, 0.1) is 3.77 Å². The van der Waals surface area contributed by atoms with Crippen molar-refractivity contribution in [3.63, 3.8) is 0 Å². The van der Waals surface area contributed by atoms with Crippen molar-refractivity contribution in [1.82, 2.24) is 4.98 Å². The summed E-state index contributed by atoms with van der Waals surface area (Å²) in [4.78, 5) is 16.8. The summed E-state index contributed by atoms with van der Waals surface area (Å²) in [6.45, 7) is 0.280. The number of para-hydroxylation sites is 1. The number of benzene rings is 2. The van der Waals surface area contributed by atoms with Gasteiger partial charge in [0.05, 0.1) is 12.1 Å². The molecule has 0 saturated carbocycles. The molecule has 6 nitrogen and oxygen atoms in total. The summed E-state index contributed by atoms with van der Waals surface area (Å²) in [6.07, 6.45) is 2.14. The number of aliphatic hydroxyl groups is 1. The van der Waals surface area contributed by atoms with E-state index < -0.39 is 0 Å². The van der Waals surface area contributed by atoms with Crippen LogP contribution in [-0.2, 0) is 0 Å². The Morgan fingerprint density at radius 1 is 1.11 bits per heavy atom. The molecule has 28 heavy (non-hydrogen) atoms. The van der Waals surface area contributed by atoms with E-state index in [0.717, 1.165) is 10.9 Å². The molecule has 0 aliphatic heterocycles. The predicted octanol–water partition coefficient (Wildman–Crippen LogP) is 4.50. The van der Waals surface area contributed by atoms with Crippen LogP contribution in [0.1, 0.15) is 6.42 Å². The third-order valence-corrected chi connectivity index (χ3v) is 4.67. The van der Waals surface area contributed by atoms with Gasteiger partial charge >= 0.3 is 0 Å². The highest BCUT2D eigenvalue weighted by Gasteiger charge is 2.14. The van der Waals surface area contributed by atoms with Crippen molar-refractivity contribution in [2.75, 3.05) is 13.2 Å². The first kappa shape index (κ1) is 18.7. The Kier molecular flexibility index (Phi) is 5.45. The average Bonchev–Trinajstić information content (AvgIpc) is 2.68. The Balaban J connectivity index is 1.81. The van der Waals surface area contributed by atoms with Gasteiger partial charge in [0.25, 0.3) is 0 Å². The smallest absolute Gasteiger partial charge is 0.197 e. The summed E-state index contributed by atoms with van der Waals surface area (Å²) in [5.41, 5.74) is 1.01. The number of pyridine rings is 1.